The number of unbranched alkanes of at least 4 members (excludes halogenated alkanes) is 2. The van der Waals surface area contributed by atoms with Crippen LogP contribution in [0.5, 0.6) is 11.5 Å². The molecule has 2 rings (SSSR count). The van der Waals surface area contributed by atoms with Crippen molar-refractivity contribution >= 4 is 18.0 Å². The maximum absolute atomic E-state index is 13.9. The van der Waals surface area contributed by atoms with Gasteiger partial charge >= 0.3 is 0 Å². The third kappa shape index (κ3) is 4.13. The molecule has 1 unspecified atom stereocenters. The van der Waals surface area contributed by atoms with Crippen molar-refractivity contribution in [1.82, 2.24) is 0 Å². The van der Waals surface area contributed by atoms with Gasteiger partial charge < -0.3 is 14.0 Å². The molecule has 0 amide bonds. The van der Waals surface area contributed by atoms with E-state index in [1.54, 1.807) is 30.3 Å². The van der Waals surface area contributed by atoms with Crippen LogP contribution in [0.2, 0.25) is 0 Å². The Labute approximate surface area is 149 Å². The minimum atomic E-state index is -3.29. The maximum atomic E-state index is 13.9. The Kier molecular flexibility index (Phi) is 6.83. The van der Waals surface area contributed by atoms with Gasteiger partial charge in [0.2, 0.25) is 5.52 Å². The molecule has 2 aromatic rings. The molecule has 0 spiro atoms. The molecule has 1 atom stereocenters. The third-order valence-corrected chi connectivity index (χ3v) is 7.18. The monoisotopic (exact) mass is 360 g/mol. The molecule has 0 N–H and O–H groups in total. The van der Waals surface area contributed by atoms with Crippen molar-refractivity contribution in [3.05, 3.63) is 54.1 Å². The lowest BCUT2D eigenvalue weighted by atomic mass is 10.2. The predicted octanol–water partition coefficient (Wildman–Crippen LogP) is 4.72. The lowest BCUT2D eigenvalue weighted by molar-refractivity contribution is 0.107. The van der Waals surface area contributed by atoms with E-state index in [4.69, 9.17) is 9.47 Å². The topological polar surface area (TPSA) is 52.6 Å². The summed E-state index contributed by atoms with van der Waals surface area (Å²) >= 11 is 0. The SMILES string of the molecule is CCCCCP(=O)(C(=O)c1c(OC)cccc1OC)c1ccccc1. The Hall–Kier alpha value is -2.06. The molecule has 4 nitrogen and oxygen atoms in total. The van der Waals surface area contributed by atoms with Crippen LogP contribution in [0.25, 0.3) is 0 Å². The Morgan fingerprint density at radius 1 is 0.920 bits per heavy atom. The molecule has 134 valence electrons. The van der Waals surface area contributed by atoms with E-state index < -0.39 is 12.7 Å². The summed E-state index contributed by atoms with van der Waals surface area (Å²) in [5.41, 5.74) is -0.139. The van der Waals surface area contributed by atoms with E-state index >= 15 is 0 Å². The number of methoxy groups -OCH3 is 2. The molecule has 5 heteroatoms. The first kappa shape index (κ1) is 19.3. The molecule has 0 saturated carbocycles. The summed E-state index contributed by atoms with van der Waals surface area (Å²) in [4.78, 5) is 13.4. The highest BCUT2D eigenvalue weighted by Crippen LogP contribution is 2.51. The second-order valence-corrected chi connectivity index (χ2v) is 8.70. The number of carbonyl (C=O) groups excluding carboxylic acids is 1. The van der Waals surface area contributed by atoms with E-state index in [-0.39, 0.29) is 5.56 Å². The van der Waals surface area contributed by atoms with Gasteiger partial charge in [0, 0.05) is 11.5 Å². The van der Waals surface area contributed by atoms with E-state index in [2.05, 4.69) is 6.92 Å². The van der Waals surface area contributed by atoms with Crippen LogP contribution in [-0.2, 0) is 4.57 Å². The van der Waals surface area contributed by atoms with Gasteiger partial charge in [0.05, 0.1) is 14.2 Å². The van der Waals surface area contributed by atoms with Crippen LogP contribution in [-0.4, -0.2) is 25.9 Å². The van der Waals surface area contributed by atoms with E-state index in [1.807, 2.05) is 18.2 Å². The zero-order chi connectivity index (χ0) is 18.3. The lowest BCUT2D eigenvalue weighted by Crippen LogP contribution is -2.17. The summed E-state index contributed by atoms with van der Waals surface area (Å²) in [6.07, 6.45) is 3.03. The van der Waals surface area contributed by atoms with E-state index in [0.717, 1.165) is 19.3 Å². The molecular formula is C20H25O4P. The van der Waals surface area contributed by atoms with E-state index in [0.29, 0.717) is 23.0 Å². The quantitative estimate of drug-likeness (QED) is 0.479. The average Bonchev–Trinajstić information content (AvgIpc) is 2.67. The van der Waals surface area contributed by atoms with Gasteiger partial charge in [-0.1, -0.05) is 56.2 Å². The van der Waals surface area contributed by atoms with Crippen molar-refractivity contribution in [2.24, 2.45) is 0 Å². The van der Waals surface area contributed by atoms with Crippen molar-refractivity contribution in [2.75, 3.05) is 20.4 Å². The van der Waals surface area contributed by atoms with E-state index in [9.17, 15) is 9.36 Å². The highest BCUT2D eigenvalue weighted by molar-refractivity contribution is 7.87. The highest BCUT2D eigenvalue weighted by atomic mass is 31.2. The summed E-state index contributed by atoms with van der Waals surface area (Å²) in [5, 5.41) is 0.587. The average molecular weight is 360 g/mol. The molecule has 0 aliphatic rings. The Morgan fingerprint density at radius 3 is 2.04 bits per heavy atom. The third-order valence-electron chi connectivity index (χ3n) is 4.22. The zero-order valence-electron chi connectivity index (χ0n) is 15.0. The fourth-order valence-corrected chi connectivity index (χ4v) is 5.44. The Balaban J connectivity index is 2.55. The van der Waals surface area contributed by atoms with Crippen LogP contribution in [0.3, 0.4) is 0 Å². The molecule has 25 heavy (non-hydrogen) atoms. The van der Waals surface area contributed by atoms with Crippen molar-refractivity contribution in [3.8, 4) is 11.5 Å². The van der Waals surface area contributed by atoms with Gasteiger partial charge in [-0.15, -0.1) is 0 Å². The maximum Gasteiger partial charge on any atom is 0.233 e. The number of carbonyl (C=O) groups is 1. The van der Waals surface area contributed by atoms with Gasteiger partial charge in [-0.25, -0.2) is 0 Å². The number of benzene rings is 2. The zero-order valence-corrected chi connectivity index (χ0v) is 15.9. The Bertz CT molecular complexity index is 733. The minimum Gasteiger partial charge on any atom is -0.496 e. The van der Waals surface area contributed by atoms with Crippen molar-refractivity contribution in [3.63, 3.8) is 0 Å². The number of hydrogen-bond acceptors (Lipinski definition) is 4. The first-order chi connectivity index (χ1) is 12.1. The van der Waals surface area contributed by atoms with Crippen LogP contribution >= 0.6 is 7.14 Å². The van der Waals surface area contributed by atoms with E-state index in [1.165, 1.54) is 14.2 Å². The van der Waals surface area contributed by atoms with Crippen LogP contribution in [0.1, 0.15) is 36.5 Å². The smallest absolute Gasteiger partial charge is 0.233 e. The first-order valence-electron chi connectivity index (χ1n) is 8.49. The van der Waals surface area contributed by atoms with Gasteiger partial charge in [0.25, 0.3) is 0 Å². The summed E-state index contributed by atoms with van der Waals surface area (Å²) < 4.78 is 24.6. The molecule has 0 aliphatic heterocycles. The Morgan fingerprint density at radius 2 is 1.52 bits per heavy atom. The van der Waals surface area contributed by atoms with Gasteiger partial charge in [-0.05, 0) is 18.6 Å². The largest absolute Gasteiger partial charge is 0.496 e. The fourth-order valence-electron chi connectivity index (χ4n) is 2.84. The molecule has 0 bridgehead atoms. The normalized spacial score (nSPS) is 13.1. The van der Waals surface area contributed by atoms with Crippen LogP contribution < -0.4 is 14.8 Å². The number of ether oxygens (including phenoxy) is 2. The van der Waals surface area contributed by atoms with Gasteiger partial charge in [-0.3, -0.25) is 4.79 Å². The standard InChI is InChI=1S/C20H25O4P/c1-4-5-9-15-25(22,16-11-7-6-8-12-16)20(21)19-17(23-2)13-10-14-18(19)24-3/h6-8,10-14H,4-5,9,15H2,1-3H3. The summed E-state index contributed by atoms with van der Waals surface area (Å²) in [6.45, 7) is 2.08. The summed E-state index contributed by atoms with van der Waals surface area (Å²) in [7, 11) is -0.301. The summed E-state index contributed by atoms with van der Waals surface area (Å²) in [6, 6.07) is 14.2. The molecule has 2 aromatic carbocycles. The van der Waals surface area contributed by atoms with Crippen molar-refractivity contribution in [2.45, 2.75) is 26.2 Å². The first-order valence-corrected chi connectivity index (χ1v) is 10.4. The molecular weight excluding hydrogens is 335 g/mol. The minimum absolute atomic E-state index is 0.260. The van der Waals surface area contributed by atoms with Crippen LogP contribution in [0, 0.1) is 0 Å². The predicted molar refractivity (Wildman–Crippen MR) is 102 cm³/mol. The van der Waals surface area contributed by atoms with Crippen LogP contribution in [0.15, 0.2) is 48.5 Å². The molecule has 0 aliphatic carbocycles. The van der Waals surface area contributed by atoms with Crippen molar-refractivity contribution < 1.29 is 18.8 Å². The van der Waals surface area contributed by atoms with Gasteiger partial charge in [-0.2, -0.15) is 0 Å². The van der Waals surface area contributed by atoms with Crippen molar-refractivity contribution in [1.29, 1.82) is 0 Å². The molecule has 0 saturated heterocycles. The molecule has 0 aromatic heterocycles. The highest BCUT2D eigenvalue weighted by Gasteiger charge is 2.37. The molecule has 0 fully saturated rings. The molecule has 0 heterocycles. The summed E-state index contributed by atoms with van der Waals surface area (Å²) in [5.74, 6) is 0.770. The second-order valence-electron chi connectivity index (χ2n) is 5.85. The second kappa shape index (κ2) is 8.87. The lowest BCUT2D eigenvalue weighted by Gasteiger charge is -2.20. The molecule has 0 radical (unpaired) electrons. The van der Waals surface area contributed by atoms with Crippen LogP contribution in [0.4, 0.5) is 0 Å². The van der Waals surface area contributed by atoms with Gasteiger partial charge in [0.1, 0.15) is 17.1 Å². The fraction of sp³-hybridized carbons (Fsp3) is 0.350. The van der Waals surface area contributed by atoms with Gasteiger partial charge in [0.15, 0.2) is 7.14 Å². The number of hydrogen-bond donors (Lipinski definition) is 0. The number of rotatable bonds is 9.